The van der Waals surface area contributed by atoms with E-state index in [-0.39, 0.29) is 5.69 Å². The summed E-state index contributed by atoms with van der Waals surface area (Å²) in [7, 11) is 0. The van der Waals surface area contributed by atoms with Gasteiger partial charge >= 0.3 is 0 Å². The monoisotopic (exact) mass is 325 g/mol. The van der Waals surface area contributed by atoms with Crippen molar-refractivity contribution in [3.8, 4) is 5.75 Å². The summed E-state index contributed by atoms with van der Waals surface area (Å²) in [5, 5.41) is 2.92. The van der Waals surface area contributed by atoms with Crippen LogP contribution in [0.4, 0.5) is 14.5 Å². The molecule has 6 heteroatoms. The van der Waals surface area contributed by atoms with E-state index in [2.05, 4.69) is 5.32 Å². The molecule has 0 aromatic heterocycles. The molecule has 3 nitrogen and oxygen atoms in total. The number of carbonyl (C=O) groups excluding carboxylic acids is 1. The van der Waals surface area contributed by atoms with Crippen LogP contribution in [0.25, 0.3) is 0 Å². The van der Waals surface area contributed by atoms with E-state index in [4.69, 9.17) is 16.3 Å². The predicted octanol–water partition coefficient (Wildman–Crippen LogP) is 4.33. The molecule has 0 saturated heterocycles. The van der Waals surface area contributed by atoms with E-state index in [0.29, 0.717) is 16.8 Å². The van der Waals surface area contributed by atoms with E-state index in [1.807, 2.05) is 0 Å². The fourth-order valence-electron chi connectivity index (χ4n) is 1.81. The summed E-state index contributed by atoms with van der Waals surface area (Å²) >= 11 is 5.85. The molecular formula is C16H14ClF2NO2. The van der Waals surface area contributed by atoms with E-state index in [1.165, 1.54) is 6.92 Å². The van der Waals surface area contributed by atoms with Crippen LogP contribution in [0.1, 0.15) is 12.5 Å². The largest absolute Gasteiger partial charge is 0.481 e. The SMILES string of the molecule is Cc1cc(Cl)ccc1O[C@H](C)C(=O)Nc1ccc(F)cc1F. The average Bonchev–Trinajstić information content (AvgIpc) is 2.44. The molecule has 0 aliphatic rings. The first-order valence-electron chi connectivity index (χ1n) is 6.55. The number of amides is 1. The molecule has 2 aromatic rings. The third kappa shape index (κ3) is 3.95. The van der Waals surface area contributed by atoms with Crippen LogP contribution in [-0.2, 0) is 4.79 Å². The van der Waals surface area contributed by atoms with Gasteiger partial charge in [-0.05, 0) is 49.7 Å². The molecule has 0 unspecified atom stereocenters. The zero-order valence-corrected chi connectivity index (χ0v) is 12.7. The molecule has 2 rings (SSSR count). The van der Waals surface area contributed by atoms with Gasteiger partial charge in [0.1, 0.15) is 17.4 Å². The molecule has 116 valence electrons. The Kier molecular flexibility index (Phi) is 4.98. The summed E-state index contributed by atoms with van der Waals surface area (Å²) in [6.07, 6.45) is -0.857. The topological polar surface area (TPSA) is 38.3 Å². The van der Waals surface area contributed by atoms with Gasteiger partial charge in [-0.3, -0.25) is 4.79 Å². The van der Waals surface area contributed by atoms with Gasteiger partial charge in [0.25, 0.3) is 5.91 Å². The lowest BCUT2D eigenvalue weighted by atomic mass is 10.2. The fraction of sp³-hybridized carbons (Fsp3) is 0.188. The molecule has 0 fully saturated rings. The molecule has 22 heavy (non-hydrogen) atoms. The number of ether oxygens (including phenoxy) is 1. The second-order valence-corrected chi connectivity index (χ2v) is 5.22. The highest BCUT2D eigenvalue weighted by Crippen LogP contribution is 2.23. The summed E-state index contributed by atoms with van der Waals surface area (Å²) in [6.45, 7) is 3.33. The second kappa shape index (κ2) is 6.75. The zero-order valence-electron chi connectivity index (χ0n) is 12.0. The van der Waals surface area contributed by atoms with Gasteiger partial charge in [-0.15, -0.1) is 0 Å². The van der Waals surface area contributed by atoms with E-state index >= 15 is 0 Å². The van der Waals surface area contributed by atoms with Crippen molar-refractivity contribution in [1.29, 1.82) is 0 Å². The number of aryl methyl sites for hydroxylation is 1. The zero-order chi connectivity index (χ0) is 16.3. The minimum Gasteiger partial charge on any atom is -0.481 e. The molecule has 0 spiro atoms. The van der Waals surface area contributed by atoms with Crippen molar-refractivity contribution < 1.29 is 18.3 Å². The van der Waals surface area contributed by atoms with E-state index in [9.17, 15) is 13.6 Å². The van der Waals surface area contributed by atoms with Crippen molar-refractivity contribution >= 4 is 23.2 Å². The first kappa shape index (κ1) is 16.2. The fourth-order valence-corrected chi connectivity index (χ4v) is 2.04. The van der Waals surface area contributed by atoms with Crippen molar-refractivity contribution in [2.75, 3.05) is 5.32 Å². The molecule has 0 bridgehead atoms. The van der Waals surface area contributed by atoms with Gasteiger partial charge in [0.2, 0.25) is 0 Å². The van der Waals surface area contributed by atoms with Crippen LogP contribution in [-0.4, -0.2) is 12.0 Å². The quantitative estimate of drug-likeness (QED) is 0.908. The van der Waals surface area contributed by atoms with Crippen molar-refractivity contribution in [3.05, 3.63) is 58.6 Å². The molecule has 2 aromatic carbocycles. The molecule has 0 aliphatic carbocycles. The van der Waals surface area contributed by atoms with Crippen molar-refractivity contribution in [1.82, 2.24) is 0 Å². The highest BCUT2D eigenvalue weighted by atomic mass is 35.5. The maximum Gasteiger partial charge on any atom is 0.265 e. The number of rotatable bonds is 4. The number of benzene rings is 2. The maximum absolute atomic E-state index is 13.5. The summed E-state index contributed by atoms with van der Waals surface area (Å²) < 4.78 is 31.8. The number of halogens is 3. The van der Waals surface area contributed by atoms with Gasteiger partial charge in [-0.1, -0.05) is 11.6 Å². The molecule has 1 N–H and O–H groups in total. The first-order valence-corrected chi connectivity index (χ1v) is 6.93. The summed E-state index contributed by atoms with van der Waals surface area (Å²) in [5.74, 6) is -1.59. The third-order valence-corrected chi connectivity index (χ3v) is 3.23. The number of anilines is 1. The lowest BCUT2D eigenvalue weighted by molar-refractivity contribution is -0.122. The molecule has 0 aliphatic heterocycles. The molecular weight excluding hydrogens is 312 g/mol. The molecule has 1 atom stereocenters. The Hall–Kier alpha value is -2.14. The Labute approximate surface area is 131 Å². The molecule has 0 heterocycles. The lowest BCUT2D eigenvalue weighted by Gasteiger charge is -2.16. The minimum absolute atomic E-state index is 0.102. The molecule has 0 radical (unpaired) electrons. The Morgan fingerprint density at radius 1 is 1.23 bits per heavy atom. The van der Waals surface area contributed by atoms with Crippen LogP contribution in [0, 0.1) is 18.6 Å². The number of carbonyl (C=O) groups is 1. The normalized spacial score (nSPS) is 11.9. The second-order valence-electron chi connectivity index (χ2n) is 4.78. The summed E-state index contributed by atoms with van der Waals surface area (Å²) in [5.41, 5.74) is 0.676. The summed E-state index contributed by atoms with van der Waals surface area (Å²) in [6, 6.07) is 7.93. The van der Waals surface area contributed by atoms with Gasteiger partial charge < -0.3 is 10.1 Å². The van der Waals surface area contributed by atoms with E-state index in [1.54, 1.807) is 25.1 Å². The van der Waals surface area contributed by atoms with Crippen LogP contribution >= 0.6 is 11.6 Å². The van der Waals surface area contributed by atoms with Crippen molar-refractivity contribution in [3.63, 3.8) is 0 Å². The molecule has 0 saturated carbocycles. The van der Waals surface area contributed by atoms with E-state index in [0.717, 1.165) is 17.7 Å². The number of hydrogen-bond donors (Lipinski definition) is 1. The smallest absolute Gasteiger partial charge is 0.265 e. The standard InChI is InChI=1S/C16H14ClF2NO2/c1-9-7-11(17)3-6-15(9)22-10(2)16(21)20-14-5-4-12(18)8-13(14)19/h3-8,10H,1-2H3,(H,20,21)/t10-/m1/s1. The molecule has 1 amide bonds. The average molecular weight is 326 g/mol. The predicted molar refractivity (Wildman–Crippen MR) is 81.3 cm³/mol. The Bertz CT molecular complexity index is 707. The third-order valence-electron chi connectivity index (χ3n) is 3.00. The highest BCUT2D eigenvalue weighted by Gasteiger charge is 2.17. The van der Waals surface area contributed by atoms with Gasteiger partial charge in [0.05, 0.1) is 5.69 Å². The Morgan fingerprint density at radius 3 is 2.59 bits per heavy atom. The van der Waals surface area contributed by atoms with Crippen molar-refractivity contribution in [2.24, 2.45) is 0 Å². The van der Waals surface area contributed by atoms with Crippen LogP contribution in [0.15, 0.2) is 36.4 Å². The van der Waals surface area contributed by atoms with Crippen molar-refractivity contribution in [2.45, 2.75) is 20.0 Å². The van der Waals surface area contributed by atoms with Crippen LogP contribution < -0.4 is 10.1 Å². The lowest BCUT2D eigenvalue weighted by Crippen LogP contribution is -2.30. The van der Waals surface area contributed by atoms with Crippen LogP contribution in [0.5, 0.6) is 5.75 Å². The van der Waals surface area contributed by atoms with Crippen LogP contribution in [0.3, 0.4) is 0 Å². The van der Waals surface area contributed by atoms with Gasteiger partial charge in [-0.2, -0.15) is 0 Å². The first-order chi connectivity index (χ1) is 10.4. The van der Waals surface area contributed by atoms with E-state index < -0.39 is 23.6 Å². The van der Waals surface area contributed by atoms with Gasteiger partial charge in [0.15, 0.2) is 6.10 Å². The summed E-state index contributed by atoms with van der Waals surface area (Å²) in [4.78, 5) is 12.0. The van der Waals surface area contributed by atoms with Crippen LogP contribution in [0.2, 0.25) is 5.02 Å². The Morgan fingerprint density at radius 2 is 1.95 bits per heavy atom. The van der Waals surface area contributed by atoms with Gasteiger partial charge in [-0.25, -0.2) is 8.78 Å². The Balaban J connectivity index is 2.05. The van der Waals surface area contributed by atoms with Gasteiger partial charge in [0, 0.05) is 11.1 Å². The highest BCUT2D eigenvalue weighted by molar-refractivity contribution is 6.30. The number of nitrogens with one attached hydrogen (secondary N) is 1. The number of hydrogen-bond acceptors (Lipinski definition) is 2. The maximum atomic E-state index is 13.5. The minimum atomic E-state index is -0.857.